The van der Waals surface area contributed by atoms with E-state index in [1.165, 1.54) is 0 Å². The van der Waals surface area contributed by atoms with Crippen molar-refractivity contribution in [2.45, 2.75) is 27.0 Å². The van der Waals surface area contributed by atoms with Gasteiger partial charge in [0.05, 0.1) is 5.69 Å². The van der Waals surface area contributed by atoms with E-state index in [9.17, 15) is 0 Å². The number of nitrogens with one attached hydrogen (secondary N) is 1. The maximum absolute atomic E-state index is 5.86. The number of benzene rings is 1. The van der Waals surface area contributed by atoms with Crippen LogP contribution < -0.4 is 10.1 Å². The number of aromatic nitrogens is 1. The molecule has 0 aliphatic carbocycles. The molecule has 0 amide bonds. The SMILES string of the molecule is CC(C)CNCc1cccc(OCc2ccc(Cl)cc2)n1. The van der Waals surface area contributed by atoms with Crippen molar-refractivity contribution in [3.63, 3.8) is 0 Å². The van der Waals surface area contributed by atoms with Crippen molar-refractivity contribution in [1.29, 1.82) is 0 Å². The van der Waals surface area contributed by atoms with Gasteiger partial charge in [-0.2, -0.15) is 0 Å². The molecule has 1 aromatic carbocycles. The molecule has 0 fully saturated rings. The van der Waals surface area contributed by atoms with Crippen LogP contribution in [-0.4, -0.2) is 11.5 Å². The normalized spacial score (nSPS) is 10.9. The zero-order valence-electron chi connectivity index (χ0n) is 12.5. The Bertz CT molecular complexity index is 555. The van der Waals surface area contributed by atoms with E-state index in [2.05, 4.69) is 24.1 Å². The summed E-state index contributed by atoms with van der Waals surface area (Å²) in [5.74, 6) is 1.28. The molecule has 0 unspecified atom stereocenters. The summed E-state index contributed by atoms with van der Waals surface area (Å²) in [5.41, 5.74) is 2.06. The number of rotatable bonds is 7. The molecule has 0 spiro atoms. The van der Waals surface area contributed by atoms with Gasteiger partial charge < -0.3 is 10.1 Å². The summed E-state index contributed by atoms with van der Waals surface area (Å²) in [6.07, 6.45) is 0. The van der Waals surface area contributed by atoms with Gasteiger partial charge in [0.15, 0.2) is 0 Å². The third-order valence-electron chi connectivity index (χ3n) is 2.94. The van der Waals surface area contributed by atoms with Crippen LogP contribution >= 0.6 is 11.6 Å². The maximum atomic E-state index is 5.86. The summed E-state index contributed by atoms with van der Waals surface area (Å²) in [4.78, 5) is 4.49. The smallest absolute Gasteiger partial charge is 0.213 e. The molecule has 0 bridgehead atoms. The van der Waals surface area contributed by atoms with Crippen molar-refractivity contribution in [2.75, 3.05) is 6.54 Å². The first-order valence-electron chi connectivity index (χ1n) is 7.17. The largest absolute Gasteiger partial charge is 0.473 e. The molecule has 0 saturated heterocycles. The number of ether oxygens (including phenoxy) is 1. The second-order valence-electron chi connectivity index (χ2n) is 5.41. The van der Waals surface area contributed by atoms with Crippen LogP contribution in [0.25, 0.3) is 0 Å². The van der Waals surface area contributed by atoms with Crippen LogP contribution in [0.3, 0.4) is 0 Å². The van der Waals surface area contributed by atoms with Crippen molar-refractivity contribution in [2.24, 2.45) is 5.92 Å². The zero-order chi connectivity index (χ0) is 15.1. The Morgan fingerprint density at radius 2 is 1.90 bits per heavy atom. The fourth-order valence-corrected chi connectivity index (χ4v) is 1.99. The standard InChI is InChI=1S/C17H21ClN2O/c1-13(2)10-19-11-16-4-3-5-17(20-16)21-12-14-6-8-15(18)9-7-14/h3-9,13,19H,10-12H2,1-2H3. The molecule has 1 N–H and O–H groups in total. The minimum Gasteiger partial charge on any atom is -0.473 e. The van der Waals surface area contributed by atoms with Crippen LogP contribution in [0.5, 0.6) is 5.88 Å². The van der Waals surface area contributed by atoms with Gasteiger partial charge in [-0.15, -0.1) is 0 Å². The first kappa shape index (κ1) is 15.8. The lowest BCUT2D eigenvalue weighted by atomic mass is 10.2. The fourth-order valence-electron chi connectivity index (χ4n) is 1.86. The molecular weight excluding hydrogens is 284 g/mol. The number of hydrogen-bond donors (Lipinski definition) is 1. The van der Waals surface area contributed by atoms with Gasteiger partial charge in [0.2, 0.25) is 5.88 Å². The monoisotopic (exact) mass is 304 g/mol. The molecule has 112 valence electrons. The molecular formula is C17H21ClN2O. The molecule has 4 heteroatoms. The molecule has 2 rings (SSSR count). The van der Waals surface area contributed by atoms with Crippen LogP contribution in [-0.2, 0) is 13.2 Å². The highest BCUT2D eigenvalue weighted by Gasteiger charge is 2.01. The lowest BCUT2D eigenvalue weighted by molar-refractivity contribution is 0.292. The molecule has 0 saturated carbocycles. The van der Waals surface area contributed by atoms with Gasteiger partial charge in [-0.3, -0.25) is 0 Å². The second-order valence-corrected chi connectivity index (χ2v) is 5.84. The predicted molar refractivity (Wildman–Crippen MR) is 86.6 cm³/mol. The number of pyridine rings is 1. The molecule has 0 radical (unpaired) electrons. The fraction of sp³-hybridized carbons (Fsp3) is 0.353. The van der Waals surface area contributed by atoms with E-state index in [4.69, 9.17) is 16.3 Å². The van der Waals surface area contributed by atoms with Gasteiger partial charge in [-0.05, 0) is 36.2 Å². The molecule has 1 aromatic heterocycles. The van der Waals surface area contributed by atoms with Crippen LogP contribution in [0.4, 0.5) is 0 Å². The van der Waals surface area contributed by atoms with Crippen molar-refractivity contribution in [3.8, 4) is 5.88 Å². The molecule has 0 aliphatic heterocycles. The summed E-state index contributed by atoms with van der Waals surface area (Å²) in [6.45, 7) is 6.61. The Morgan fingerprint density at radius 1 is 1.14 bits per heavy atom. The van der Waals surface area contributed by atoms with Gasteiger partial charge in [0.1, 0.15) is 6.61 Å². The molecule has 3 nitrogen and oxygen atoms in total. The summed E-state index contributed by atoms with van der Waals surface area (Å²) >= 11 is 5.86. The molecule has 1 heterocycles. The van der Waals surface area contributed by atoms with E-state index in [-0.39, 0.29) is 0 Å². The van der Waals surface area contributed by atoms with E-state index in [1.807, 2.05) is 42.5 Å². The Hall–Kier alpha value is -1.58. The highest BCUT2D eigenvalue weighted by atomic mass is 35.5. The van der Waals surface area contributed by atoms with Crippen molar-refractivity contribution in [1.82, 2.24) is 10.3 Å². The summed E-state index contributed by atoms with van der Waals surface area (Å²) in [6, 6.07) is 13.5. The van der Waals surface area contributed by atoms with E-state index in [1.54, 1.807) is 0 Å². The Labute approximate surface area is 131 Å². The van der Waals surface area contributed by atoms with Crippen molar-refractivity contribution in [3.05, 3.63) is 58.7 Å². The Morgan fingerprint density at radius 3 is 2.62 bits per heavy atom. The third kappa shape index (κ3) is 5.74. The highest BCUT2D eigenvalue weighted by molar-refractivity contribution is 6.30. The summed E-state index contributed by atoms with van der Waals surface area (Å²) in [5, 5.41) is 4.11. The number of hydrogen-bond acceptors (Lipinski definition) is 3. The van der Waals surface area contributed by atoms with E-state index >= 15 is 0 Å². The second kappa shape index (κ2) is 8.01. The van der Waals surface area contributed by atoms with Gasteiger partial charge in [0.25, 0.3) is 0 Å². The Kier molecular flexibility index (Phi) is 6.03. The molecule has 0 aliphatic rings. The van der Waals surface area contributed by atoms with Crippen molar-refractivity contribution < 1.29 is 4.74 Å². The van der Waals surface area contributed by atoms with Gasteiger partial charge >= 0.3 is 0 Å². The number of nitrogens with zero attached hydrogens (tertiary/aromatic N) is 1. The van der Waals surface area contributed by atoms with E-state index in [0.717, 1.165) is 29.4 Å². The minimum absolute atomic E-state index is 0.493. The zero-order valence-corrected chi connectivity index (χ0v) is 13.2. The average molecular weight is 305 g/mol. The third-order valence-corrected chi connectivity index (χ3v) is 3.19. The first-order chi connectivity index (χ1) is 10.1. The topological polar surface area (TPSA) is 34.1 Å². The van der Waals surface area contributed by atoms with Crippen molar-refractivity contribution >= 4 is 11.6 Å². The first-order valence-corrected chi connectivity index (χ1v) is 7.55. The molecule has 21 heavy (non-hydrogen) atoms. The minimum atomic E-state index is 0.493. The predicted octanol–water partition coefficient (Wildman–Crippen LogP) is 4.06. The molecule has 2 aromatic rings. The quantitative estimate of drug-likeness (QED) is 0.837. The van der Waals surface area contributed by atoms with Gasteiger partial charge in [-0.25, -0.2) is 4.98 Å². The Balaban J connectivity index is 1.87. The highest BCUT2D eigenvalue weighted by Crippen LogP contribution is 2.13. The number of halogens is 1. The van der Waals surface area contributed by atoms with Gasteiger partial charge in [0, 0.05) is 17.6 Å². The van der Waals surface area contributed by atoms with Crippen LogP contribution in [0.1, 0.15) is 25.1 Å². The summed E-state index contributed by atoms with van der Waals surface area (Å²) in [7, 11) is 0. The van der Waals surface area contributed by atoms with Crippen LogP contribution in [0.2, 0.25) is 5.02 Å². The molecule has 0 atom stereocenters. The lowest BCUT2D eigenvalue weighted by Gasteiger charge is -2.09. The average Bonchev–Trinajstić information content (AvgIpc) is 2.47. The van der Waals surface area contributed by atoms with Gasteiger partial charge in [-0.1, -0.05) is 43.6 Å². The van der Waals surface area contributed by atoms with E-state index < -0.39 is 0 Å². The summed E-state index contributed by atoms with van der Waals surface area (Å²) < 4.78 is 5.72. The van der Waals surface area contributed by atoms with Crippen LogP contribution in [0.15, 0.2) is 42.5 Å². The van der Waals surface area contributed by atoms with Crippen LogP contribution in [0, 0.1) is 5.92 Å². The van der Waals surface area contributed by atoms with E-state index in [0.29, 0.717) is 18.4 Å². The lowest BCUT2D eigenvalue weighted by Crippen LogP contribution is -2.19. The maximum Gasteiger partial charge on any atom is 0.213 e.